The molecule has 12 heavy (non-hydrogen) atoms. The Morgan fingerprint density at radius 2 is 2.25 bits per heavy atom. The number of halogens is 1. The van der Waals surface area contributed by atoms with E-state index in [1.54, 1.807) is 0 Å². The number of aliphatic hydroxyl groups is 2. The van der Waals surface area contributed by atoms with E-state index in [9.17, 15) is 9.90 Å². The lowest BCUT2D eigenvalue weighted by Crippen LogP contribution is -2.36. The standard InChI is InChI=1S/C6H7BrO5/c1-2(8)6(7)4(10)3(9)5(11)12-6/h2,8-10H,1H3/p-1/t2-,6+/m0/s1. The number of esters is 1. The third-order valence-electron chi connectivity index (χ3n) is 1.50. The molecule has 0 saturated heterocycles. The summed E-state index contributed by atoms with van der Waals surface area (Å²) in [6.07, 6.45) is -1.20. The van der Waals surface area contributed by atoms with Crippen molar-refractivity contribution < 1.29 is 24.9 Å². The number of ether oxygens (including phenoxy) is 1. The predicted molar refractivity (Wildman–Crippen MR) is 39.1 cm³/mol. The van der Waals surface area contributed by atoms with Crippen molar-refractivity contribution in [1.82, 2.24) is 0 Å². The second-order valence-corrected chi connectivity index (χ2v) is 3.57. The fourth-order valence-corrected chi connectivity index (χ4v) is 1.09. The Morgan fingerprint density at radius 3 is 2.42 bits per heavy atom. The minimum atomic E-state index is -1.76. The molecule has 0 saturated carbocycles. The van der Waals surface area contributed by atoms with E-state index >= 15 is 0 Å². The highest BCUT2D eigenvalue weighted by Crippen LogP contribution is 2.37. The van der Waals surface area contributed by atoms with Gasteiger partial charge in [0.05, 0.1) is 0 Å². The van der Waals surface area contributed by atoms with Gasteiger partial charge in [-0.1, -0.05) is 0 Å². The molecule has 1 aliphatic rings. The van der Waals surface area contributed by atoms with Crippen LogP contribution < -0.4 is 5.11 Å². The van der Waals surface area contributed by atoms with Crippen molar-refractivity contribution in [3.63, 3.8) is 0 Å². The molecular weight excluding hydrogens is 232 g/mol. The molecule has 0 amide bonds. The largest absolute Gasteiger partial charge is 0.865 e. The van der Waals surface area contributed by atoms with Crippen LogP contribution in [0.1, 0.15) is 6.92 Å². The molecule has 0 spiro atoms. The Kier molecular flexibility index (Phi) is 2.05. The molecule has 5 nitrogen and oxygen atoms in total. The van der Waals surface area contributed by atoms with Gasteiger partial charge in [-0.3, -0.25) is 0 Å². The third kappa shape index (κ3) is 1.07. The number of aliphatic hydroxyl groups excluding tert-OH is 2. The van der Waals surface area contributed by atoms with Gasteiger partial charge in [0.15, 0.2) is 0 Å². The zero-order chi connectivity index (χ0) is 9.52. The monoisotopic (exact) mass is 237 g/mol. The Hall–Kier alpha value is -0.750. The van der Waals surface area contributed by atoms with Crippen LogP contribution in [0.25, 0.3) is 0 Å². The molecule has 0 bridgehead atoms. The van der Waals surface area contributed by atoms with Gasteiger partial charge in [-0.2, -0.15) is 0 Å². The van der Waals surface area contributed by atoms with Gasteiger partial charge in [0.25, 0.3) is 0 Å². The topological polar surface area (TPSA) is 89.8 Å². The number of hydrogen-bond acceptors (Lipinski definition) is 5. The summed E-state index contributed by atoms with van der Waals surface area (Å²) in [5.74, 6) is -3.12. The smallest absolute Gasteiger partial charge is 0.328 e. The molecule has 68 valence electrons. The maximum Gasteiger partial charge on any atom is 0.328 e. The summed E-state index contributed by atoms with van der Waals surface area (Å²) in [6.45, 7) is 1.27. The highest BCUT2D eigenvalue weighted by molar-refractivity contribution is 9.10. The molecule has 2 N–H and O–H groups in total. The Bertz CT molecular complexity index is 259. The summed E-state index contributed by atoms with van der Waals surface area (Å²) in [6, 6.07) is 0. The highest BCUT2D eigenvalue weighted by Gasteiger charge is 2.47. The summed E-state index contributed by atoms with van der Waals surface area (Å²) in [4.78, 5) is 10.6. The predicted octanol–water partition coefficient (Wildman–Crippen LogP) is -0.855. The molecule has 0 unspecified atom stereocenters. The number of cyclic esters (lactones) is 1. The molecule has 6 heteroatoms. The fraction of sp³-hybridized carbons (Fsp3) is 0.500. The first-order valence-corrected chi connectivity index (χ1v) is 3.90. The zero-order valence-electron chi connectivity index (χ0n) is 6.07. The number of rotatable bonds is 1. The van der Waals surface area contributed by atoms with Crippen LogP contribution in [0.15, 0.2) is 11.5 Å². The fourth-order valence-electron chi connectivity index (χ4n) is 0.764. The van der Waals surface area contributed by atoms with E-state index in [4.69, 9.17) is 10.2 Å². The molecule has 0 radical (unpaired) electrons. The van der Waals surface area contributed by atoms with Gasteiger partial charge < -0.3 is 20.1 Å². The third-order valence-corrected chi connectivity index (χ3v) is 2.70. The van der Waals surface area contributed by atoms with Crippen LogP contribution >= 0.6 is 15.9 Å². The maximum atomic E-state index is 10.7. The molecule has 1 heterocycles. The Morgan fingerprint density at radius 1 is 1.75 bits per heavy atom. The van der Waals surface area contributed by atoms with Crippen LogP contribution in [0, 0.1) is 0 Å². The zero-order valence-corrected chi connectivity index (χ0v) is 7.66. The average Bonchev–Trinajstić information content (AvgIpc) is 2.17. The first-order chi connectivity index (χ1) is 5.39. The van der Waals surface area contributed by atoms with Crippen molar-refractivity contribution in [3.8, 4) is 0 Å². The molecule has 0 aromatic carbocycles. The minimum Gasteiger partial charge on any atom is -0.865 e. The SMILES string of the molecule is C[C@H](O)[C@@]1(Br)OC(=O)C([O-])=C1O. The number of carbonyl (C=O) groups is 1. The lowest BCUT2D eigenvalue weighted by Gasteiger charge is -2.24. The molecular formula is C6H6BrO5-. The van der Waals surface area contributed by atoms with Crippen LogP contribution in [0.3, 0.4) is 0 Å². The first kappa shape index (κ1) is 9.34. The van der Waals surface area contributed by atoms with Gasteiger partial charge in [-0.15, -0.1) is 0 Å². The van der Waals surface area contributed by atoms with Gasteiger partial charge in [0, 0.05) is 5.76 Å². The summed E-state index contributed by atoms with van der Waals surface area (Å²) in [5.41, 5.74) is 0. The van der Waals surface area contributed by atoms with E-state index in [-0.39, 0.29) is 0 Å². The molecule has 0 aromatic rings. The lowest BCUT2D eigenvalue weighted by atomic mass is 10.2. The summed E-state index contributed by atoms with van der Waals surface area (Å²) < 4.78 is 2.66. The van der Waals surface area contributed by atoms with E-state index in [0.29, 0.717) is 0 Å². The van der Waals surface area contributed by atoms with Gasteiger partial charge in [-0.25, -0.2) is 4.79 Å². The molecule has 0 aromatic heterocycles. The lowest BCUT2D eigenvalue weighted by molar-refractivity contribution is -0.303. The average molecular weight is 238 g/mol. The summed E-state index contributed by atoms with van der Waals surface area (Å²) in [7, 11) is 0. The van der Waals surface area contributed by atoms with Crippen LogP contribution in [0.5, 0.6) is 0 Å². The first-order valence-electron chi connectivity index (χ1n) is 3.10. The van der Waals surface area contributed by atoms with Gasteiger partial charge in [0.2, 0.25) is 4.51 Å². The second kappa shape index (κ2) is 2.63. The van der Waals surface area contributed by atoms with Crippen LogP contribution in [0.4, 0.5) is 0 Å². The van der Waals surface area contributed by atoms with Gasteiger partial charge in [0.1, 0.15) is 11.9 Å². The van der Waals surface area contributed by atoms with Crippen LogP contribution in [0.2, 0.25) is 0 Å². The normalized spacial score (nSPS) is 32.1. The van der Waals surface area contributed by atoms with Gasteiger partial charge in [-0.05, 0) is 22.9 Å². The van der Waals surface area contributed by atoms with E-state index in [0.717, 1.165) is 0 Å². The highest BCUT2D eigenvalue weighted by atomic mass is 79.9. The van der Waals surface area contributed by atoms with E-state index < -0.39 is 28.1 Å². The second-order valence-electron chi connectivity index (χ2n) is 2.39. The molecule has 1 rings (SSSR count). The van der Waals surface area contributed by atoms with Crippen LogP contribution in [-0.4, -0.2) is 26.8 Å². The summed E-state index contributed by atoms with van der Waals surface area (Å²) in [5, 5.41) is 28.9. The van der Waals surface area contributed by atoms with Crippen molar-refractivity contribution in [1.29, 1.82) is 0 Å². The van der Waals surface area contributed by atoms with E-state index in [1.165, 1.54) is 6.92 Å². The van der Waals surface area contributed by atoms with Crippen LogP contribution in [-0.2, 0) is 9.53 Å². The number of alkyl halides is 1. The molecule has 0 aliphatic carbocycles. The maximum absolute atomic E-state index is 10.7. The van der Waals surface area contributed by atoms with Crippen molar-refractivity contribution >= 4 is 21.9 Å². The quantitative estimate of drug-likeness (QED) is 0.458. The van der Waals surface area contributed by atoms with E-state index in [2.05, 4.69) is 20.7 Å². The van der Waals surface area contributed by atoms with Crippen molar-refractivity contribution in [2.24, 2.45) is 0 Å². The molecule has 0 fully saturated rings. The van der Waals surface area contributed by atoms with Crippen molar-refractivity contribution in [3.05, 3.63) is 11.5 Å². The molecule has 1 aliphatic heterocycles. The number of carbonyl (C=O) groups excluding carboxylic acids is 1. The Balaban J connectivity index is 3.08. The van der Waals surface area contributed by atoms with Crippen molar-refractivity contribution in [2.45, 2.75) is 17.5 Å². The molecule has 2 atom stereocenters. The van der Waals surface area contributed by atoms with Crippen molar-refractivity contribution in [2.75, 3.05) is 0 Å². The van der Waals surface area contributed by atoms with Gasteiger partial charge >= 0.3 is 5.97 Å². The summed E-state index contributed by atoms with van der Waals surface area (Å²) >= 11 is 2.76. The minimum absolute atomic E-state index is 0.817. The number of hydrogen-bond donors (Lipinski definition) is 2. The van der Waals surface area contributed by atoms with E-state index in [1.807, 2.05) is 0 Å². The Labute approximate surface area is 76.4 Å².